The van der Waals surface area contributed by atoms with Crippen molar-refractivity contribution in [1.29, 1.82) is 0 Å². The van der Waals surface area contributed by atoms with Crippen LogP contribution in [-0.2, 0) is 4.79 Å². The summed E-state index contributed by atoms with van der Waals surface area (Å²) in [6, 6.07) is 13.4. The second-order valence-electron chi connectivity index (χ2n) is 4.80. The van der Waals surface area contributed by atoms with Crippen LogP contribution in [0.25, 0.3) is 0 Å². The zero-order valence-corrected chi connectivity index (χ0v) is 14.1. The molecule has 0 radical (unpaired) electrons. The average Bonchev–Trinajstić information content (AvgIpc) is 2.49. The van der Waals surface area contributed by atoms with E-state index in [1.54, 1.807) is 37.1 Å². The second-order valence-corrected chi connectivity index (χ2v) is 6.41. The first kappa shape index (κ1) is 16.7. The van der Waals surface area contributed by atoms with E-state index in [1.807, 2.05) is 0 Å². The zero-order valence-electron chi connectivity index (χ0n) is 12.6. The van der Waals surface area contributed by atoms with E-state index < -0.39 is 0 Å². The van der Waals surface area contributed by atoms with Gasteiger partial charge in [0.05, 0.1) is 12.8 Å². The molecule has 0 heterocycles. The number of anilines is 1. The Morgan fingerprint density at radius 3 is 2.64 bits per heavy atom. The van der Waals surface area contributed by atoms with Crippen molar-refractivity contribution >= 4 is 35.0 Å². The molecular weight excluding hydrogens is 318 g/mol. The summed E-state index contributed by atoms with van der Waals surface area (Å²) in [6.45, 7) is 2.06. The van der Waals surface area contributed by atoms with Crippen molar-refractivity contribution in [2.75, 3.05) is 18.2 Å². The second kappa shape index (κ2) is 8.11. The predicted molar refractivity (Wildman–Crippen MR) is 93.2 cm³/mol. The van der Waals surface area contributed by atoms with Gasteiger partial charge in [-0.15, -0.1) is 11.8 Å². The van der Waals surface area contributed by atoms with Crippen molar-refractivity contribution in [2.45, 2.75) is 18.2 Å². The van der Waals surface area contributed by atoms with E-state index >= 15 is 0 Å². The molecule has 2 aromatic rings. The summed E-state index contributed by atoms with van der Waals surface area (Å²) < 4.78 is 5.21. The van der Waals surface area contributed by atoms with E-state index in [1.165, 1.54) is 10.5 Å². The van der Waals surface area contributed by atoms with Crippen molar-refractivity contribution in [2.24, 2.45) is 0 Å². The quantitative estimate of drug-likeness (QED) is 0.772. The Balaban J connectivity index is 1.85. The number of benzene rings is 2. The normalized spacial score (nSPS) is 10.3. The molecule has 0 unspecified atom stereocenters. The van der Waals surface area contributed by atoms with Gasteiger partial charge in [-0.2, -0.15) is 0 Å². The standard InChI is InChI=1S/C17H18ClNO2S/c1-12-3-6-14(7-4-12)22-10-9-17(20)19-15-11-13(18)5-8-16(15)21-2/h3-8,11H,9-10H2,1-2H3,(H,19,20). The van der Waals surface area contributed by atoms with Gasteiger partial charge in [0, 0.05) is 22.1 Å². The van der Waals surface area contributed by atoms with Crippen molar-refractivity contribution in [3.8, 4) is 5.75 Å². The van der Waals surface area contributed by atoms with Crippen LogP contribution in [0.4, 0.5) is 5.69 Å². The Morgan fingerprint density at radius 2 is 1.95 bits per heavy atom. The largest absolute Gasteiger partial charge is 0.495 e. The number of methoxy groups -OCH3 is 1. The molecule has 0 aliphatic carbocycles. The molecule has 22 heavy (non-hydrogen) atoms. The first-order chi connectivity index (χ1) is 10.6. The number of ether oxygens (including phenoxy) is 1. The number of thioether (sulfide) groups is 1. The Kier molecular flexibility index (Phi) is 6.16. The first-order valence-electron chi connectivity index (χ1n) is 6.91. The highest BCUT2D eigenvalue weighted by atomic mass is 35.5. The zero-order chi connectivity index (χ0) is 15.9. The monoisotopic (exact) mass is 335 g/mol. The molecule has 3 nitrogen and oxygen atoms in total. The van der Waals surface area contributed by atoms with E-state index in [9.17, 15) is 4.79 Å². The summed E-state index contributed by atoms with van der Waals surface area (Å²) in [7, 11) is 1.56. The van der Waals surface area contributed by atoms with Gasteiger partial charge in [-0.1, -0.05) is 29.3 Å². The van der Waals surface area contributed by atoms with Crippen LogP contribution in [0.5, 0.6) is 5.75 Å². The minimum Gasteiger partial charge on any atom is -0.495 e. The summed E-state index contributed by atoms with van der Waals surface area (Å²) in [6.07, 6.45) is 0.425. The van der Waals surface area contributed by atoms with Crippen LogP contribution in [0.15, 0.2) is 47.4 Å². The molecule has 0 fully saturated rings. The molecule has 1 amide bonds. The van der Waals surface area contributed by atoms with Gasteiger partial charge >= 0.3 is 0 Å². The molecule has 0 bridgehead atoms. The third-order valence-electron chi connectivity index (χ3n) is 3.05. The maximum absolute atomic E-state index is 12.0. The SMILES string of the molecule is COc1ccc(Cl)cc1NC(=O)CCSc1ccc(C)cc1. The van der Waals surface area contributed by atoms with Crippen LogP contribution in [0.3, 0.4) is 0 Å². The molecule has 0 saturated carbocycles. The Hall–Kier alpha value is -1.65. The molecule has 116 valence electrons. The number of rotatable bonds is 6. The van der Waals surface area contributed by atoms with Gasteiger partial charge in [0.2, 0.25) is 5.91 Å². The molecule has 2 aromatic carbocycles. The van der Waals surface area contributed by atoms with E-state index in [-0.39, 0.29) is 5.91 Å². The summed E-state index contributed by atoms with van der Waals surface area (Å²) >= 11 is 7.61. The number of nitrogens with one attached hydrogen (secondary N) is 1. The molecule has 0 aliphatic rings. The summed E-state index contributed by atoms with van der Waals surface area (Å²) in [5, 5.41) is 3.40. The smallest absolute Gasteiger partial charge is 0.225 e. The highest BCUT2D eigenvalue weighted by Gasteiger charge is 2.08. The van der Waals surface area contributed by atoms with E-state index in [2.05, 4.69) is 36.5 Å². The van der Waals surface area contributed by atoms with Crippen molar-refractivity contribution in [1.82, 2.24) is 0 Å². The molecule has 0 atom stereocenters. The molecule has 0 aromatic heterocycles. The highest BCUT2D eigenvalue weighted by Crippen LogP contribution is 2.28. The Labute approximate surface area is 140 Å². The third kappa shape index (κ3) is 4.97. The number of aryl methyl sites for hydroxylation is 1. The number of amides is 1. The van der Waals surface area contributed by atoms with Crippen LogP contribution < -0.4 is 10.1 Å². The fourth-order valence-electron chi connectivity index (χ4n) is 1.89. The van der Waals surface area contributed by atoms with Gasteiger partial charge in [0.1, 0.15) is 5.75 Å². The Morgan fingerprint density at radius 1 is 1.23 bits per heavy atom. The fraction of sp³-hybridized carbons (Fsp3) is 0.235. The van der Waals surface area contributed by atoms with Crippen molar-refractivity contribution in [3.05, 3.63) is 53.1 Å². The molecule has 1 N–H and O–H groups in total. The number of carbonyl (C=O) groups excluding carboxylic acids is 1. The van der Waals surface area contributed by atoms with Gasteiger partial charge in [0.25, 0.3) is 0 Å². The lowest BCUT2D eigenvalue weighted by atomic mass is 10.2. The maximum Gasteiger partial charge on any atom is 0.225 e. The van der Waals surface area contributed by atoms with Gasteiger partial charge < -0.3 is 10.1 Å². The summed E-state index contributed by atoms with van der Waals surface area (Å²) in [5.41, 5.74) is 1.83. The number of carbonyl (C=O) groups is 1. The lowest BCUT2D eigenvalue weighted by molar-refractivity contribution is -0.115. The minimum atomic E-state index is -0.0554. The van der Waals surface area contributed by atoms with Gasteiger partial charge in [-0.05, 0) is 37.3 Å². The molecule has 0 aliphatic heterocycles. The van der Waals surface area contributed by atoms with Gasteiger partial charge in [0.15, 0.2) is 0 Å². The lowest BCUT2D eigenvalue weighted by Gasteiger charge is -2.10. The minimum absolute atomic E-state index is 0.0554. The molecule has 2 rings (SSSR count). The Bertz CT molecular complexity index is 644. The van der Waals surface area contributed by atoms with Crippen molar-refractivity contribution < 1.29 is 9.53 Å². The molecular formula is C17H18ClNO2S. The summed E-state index contributed by atoms with van der Waals surface area (Å²) in [4.78, 5) is 13.2. The average molecular weight is 336 g/mol. The lowest BCUT2D eigenvalue weighted by Crippen LogP contribution is -2.13. The van der Waals surface area contributed by atoms with E-state index in [0.29, 0.717) is 22.9 Å². The third-order valence-corrected chi connectivity index (χ3v) is 4.30. The van der Waals surface area contributed by atoms with Gasteiger partial charge in [-0.25, -0.2) is 0 Å². The molecule has 5 heteroatoms. The predicted octanol–water partition coefficient (Wildman–Crippen LogP) is 4.78. The maximum atomic E-state index is 12.0. The molecule has 0 spiro atoms. The molecule has 0 saturated heterocycles. The van der Waals surface area contributed by atoms with E-state index in [0.717, 1.165) is 5.75 Å². The van der Waals surface area contributed by atoms with Crippen molar-refractivity contribution in [3.63, 3.8) is 0 Å². The number of hydrogen-bond acceptors (Lipinski definition) is 3. The number of halogens is 1. The van der Waals surface area contributed by atoms with Crippen LogP contribution in [0.2, 0.25) is 5.02 Å². The first-order valence-corrected chi connectivity index (χ1v) is 8.27. The van der Waals surface area contributed by atoms with E-state index in [4.69, 9.17) is 16.3 Å². The summed E-state index contributed by atoms with van der Waals surface area (Å²) in [5.74, 6) is 1.27. The van der Waals surface area contributed by atoms with Gasteiger partial charge in [-0.3, -0.25) is 4.79 Å². The van der Waals surface area contributed by atoms with Crippen LogP contribution in [0, 0.1) is 6.92 Å². The number of hydrogen-bond donors (Lipinski definition) is 1. The topological polar surface area (TPSA) is 38.3 Å². The van der Waals surface area contributed by atoms with Crippen LogP contribution in [0.1, 0.15) is 12.0 Å². The highest BCUT2D eigenvalue weighted by molar-refractivity contribution is 7.99. The van der Waals surface area contributed by atoms with Crippen LogP contribution in [-0.4, -0.2) is 18.8 Å². The van der Waals surface area contributed by atoms with Crippen LogP contribution >= 0.6 is 23.4 Å². The fourth-order valence-corrected chi connectivity index (χ4v) is 2.91.